The number of Topliss-reactive ketones (excluding diaryl/α,β-unsaturated/α-hetero) is 1. The summed E-state index contributed by atoms with van der Waals surface area (Å²) in [4.78, 5) is 77.7. The molecule has 0 bridgehead atoms. The minimum atomic E-state index is -4.25. The van der Waals surface area contributed by atoms with Gasteiger partial charge in [-0.1, -0.05) is 72.7 Å². The second-order valence-electron chi connectivity index (χ2n) is 19.1. The van der Waals surface area contributed by atoms with E-state index in [1.165, 1.54) is 4.90 Å². The Morgan fingerprint density at radius 2 is 1.72 bits per heavy atom. The van der Waals surface area contributed by atoms with Crippen molar-refractivity contribution in [3.63, 3.8) is 0 Å². The molecule has 10 N–H and O–H groups in total. The topological polar surface area (TPSA) is 311 Å². The molecular weight excluding hydrogens is 1060 g/mol. The molecule has 23 heteroatoms. The number of aromatic nitrogens is 3. The van der Waals surface area contributed by atoms with E-state index in [4.69, 9.17) is 20.2 Å². The molecule has 1 aliphatic carbocycles. The number of aliphatic hydroxyl groups excluding tert-OH is 2. The minimum absolute atomic E-state index is 0. The molecule has 2 fully saturated rings. The van der Waals surface area contributed by atoms with Crippen LogP contribution in [0.15, 0.2) is 66.9 Å². The van der Waals surface area contributed by atoms with Gasteiger partial charge in [-0.2, -0.15) is 8.42 Å². The summed E-state index contributed by atoms with van der Waals surface area (Å²) in [5.41, 5.74) is 9.88. The number of benzene rings is 2. The number of primary amides is 1. The number of unbranched alkanes of at least 4 members (excludes halogenated alkanes) is 2. The van der Waals surface area contributed by atoms with Crippen molar-refractivity contribution in [3.8, 4) is 11.3 Å². The number of nitrogens with one attached hydrogen (secondary N) is 4. The lowest BCUT2D eigenvalue weighted by Gasteiger charge is -2.24. The number of nitrogens with zero attached hydrogens (tertiary/aromatic N) is 4. The highest BCUT2D eigenvalue weighted by atomic mass is 127. The highest BCUT2D eigenvalue weighted by Crippen LogP contribution is 2.31. The zero-order valence-electron chi connectivity index (χ0n) is 41.0. The van der Waals surface area contributed by atoms with Gasteiger partial charge in [0.15, 0.2) is 5.78 Å². The molecule has 1 unspecified atom stereocenters. The number of anilines is 2. The fourth-order valence-electron chi connectivity index (χ4n) is 9.12. The molecule has 392 valence electrons. The lowest BCUT2D eigenvalue weighted by molar-refractivity contribution is -0.665. The summed E-state index contributed by atoms with van der Waals surface area (Å²) in [7, 11) is -4.25. The molecule has 7 atom stereocenters. The third-order valence-corrected chi connectivity index (χ3v) is 13.5. The molecule has 2 aliphatic rings. The molecular formula is C49H67IN10O11S. The summed E-state index contributed by atoms with van der Waals surface area (Å²) in [6.45, 7) is 7.84. The maximum absolute atomic E-state index is 13.9. The van der Waals surface area contributed by atoms with Crippen molar-refractivity contribution in [2.45, 2.75) is 116 Å². The van der Waals surface area contributed by atoms with Crippen LogP contribution in [0.3, 0.4) is 0 Å². The van der Waals surface area contributed by atoms with Gasteiger partial charge in [0.25, 0.3) is 0 Å². The molecule has 3 heterocycles. The lowest BCUT2D eigenvalue weighted by atomic mass is 9.89. The summed E-state index contributed by atoms with van der Waals surface area (Å²) in [6.07, 6.45) is 2.02. The summed E-state index contributed by atoms with van der Waals surface area (Å²) < 4.78 is 31.2. The molecule has 21 nitrogen and oxygen atoms in total. The van der Waals surface area contributed by atoms with E-state index in [2.05, 4.69) is 21.3 Å². The second-order valence-corrected chi connectivity index (χ2v) is 20.3. The van der Waals surface area contributed by atoms with Crippen LogP contribution in [0.2, 0.25) is 0 Å². The van der Waals surface area contributed by atoms with Crippen molar-refractivity contribution >= 4 is 62.9 Å². The molecule has 0 radical (unpaired) electrons. The van der Waals surface area contributed by atoms with Crippen LogP contribution in [0.4, 0.5) is 16.3 Å². The minimum Gasteiger partial charge on any atom is -1.00 e. The summed E-state index contributed by atoms with van der Waals surface area (Å²) in [6, 6.07) is 16.6. The normalized spacial score (nSPS) is 19.8. The fraction of sp³-hybridized carbons (Fsp3) is 0.510. The number of aliphatic hydroxyl groups is 2. The number of likely N-dealkylation sites (tertiary alicyclic amines) is 1. The van der Waals surface area contributed by atoms with Gasteiger partial charge in [-0.05, 0) is 68.7 Å². The summed E-state index contributed by atoms with van der Waals surface area (Å²) >= 11 is 0. The largest absolute Gasteiger partial charge is 1.00 e. The number of carbonyl (C=O) groups is 6. The number of imide groups is 1. The summed E-state index contributed by atoms with van der Waals surface area (Å²) in [5, 5.41) is 43.2. The van der Waals surface area contributed by atoms with Gasteiger partial charge in [-0.15, -0.1) is 0 Å². The van der Waals surface area contributed by atoms with Gasteiger partial charge in [0, 0.05) is 67.4 Å². The molecule has 1 aliphatic heterocycles. The average Bonchev–Trinajstić information content (AvgIpc) is 3.96. The van der Waals surface area contributed by atoms with Crippen LogP contribution in [0.25, 0.3) is 16.9 Å². The molecule has 6 rings (SSSR count). The first-order chi connectivity index (χ1) is 33.7. The van der Waals surface area contributed by atoms with Crippen LogP contribution in [0, 0.1) is 30.6 Å². The van der Waals surface area contributed by atoms with Crippen LogP contribution in [0.5, 0.6) is 0 Å². The third-order valence-electron chi connectivity index (χ3n) is 13.0. The van der Waals surface area contributed by atoms with Crippen LogP contribution in [-0.4, -0.2) is 113 Å². The van der Waals surface area contributed by atoms with E-state index in [9.17, 15) is 47.4 Å². The number of nitrogens with two attached hydrogens (primary N) is 2. The average molecular weight is 1130 g/mol. The second kappa shape index (κ2) is 25.9. The molecule has 6 amide bonds. The Bertz CT molecular complexity index is 2690. The van der Waals surface area contributed by atoms with Crippen LogP contribution < -0.4 is 60.7 Å². The maximum Gasteiger partial charge on any atom is 0.333 e. The standard InChI is InChI=1S/C49H66N10O11S.HI/c1-29(2)44(55-41(61)13-6-5-7-20-58-43(62)23-31(4)48(58)66)39(60)25-34(12-9-19-52-49(50)67)47(65)53-36-16-14-32(15-17-36)27-57-21-18-40(54-38-24-35(45(63)46(38)64)28-70-71(51,68)69)59-42(57)26-37(56-59)33-11-8-10-30(3)22-33;/h8,10-11,14-18,21-22,26,29,31,34-35,38,44-46,63-64H,5-7,9,12-13,19-20,23-25,27-28H2,1-4H3,(H7,50,51,52,53,55,61,65,67,68,69);1H/t31?,34-,35-,38-,44+,45-,46+;/m0./s1. The number of urea groups is 1. The van der Waals surface area contributed by atoms with Crippen LogP contribution >= 0.6 is 0 Å². The number of aryl methyl sites for hydroxylation is 1. The van der Waals surface area contributed by atoms with Gasteiger partial charge in [0.2, 0.25) is 29.4 Å². The van der Waals surface area contributed by atoms with E-state index in [-0.39, 0.29) is 98.0 Å². The Labute approximate surface area is 436 Å². The van der Waals surface area contributed by atoms with E-state index >= 15 is 0 Å². The van der Waals surface area contributed by atoms with Crippen molar-refractivity contribution in [2.24, 2.45) is 34.5 Å². The Morgan fingerprint density at radius 3 is 2.38 bits per heavy atom. The molecule has 72 heavy (non-hydrogen) atoms. The molecule has 2 aromatic carbocycles. The zero-order valence-corrected chi connectivity index (χ0v) is 43.9. The van der Waals surface area contributed by atoms with Crippen molar-refractivity contribution in [1.82, 2.24) is 25.1 Å². The van der Waals surface area contributed by atoms with E-state index in [0.29, 0.717) is 61.6 Å². The smallest absolute Gasteiger partial charge is 0.333 e. The van der Waals surface area contributed by atoms with Gasteiger partial charge in [0.05, 0.1) is 37.1 Å². The first kappa shape index (κ1) is 57.3. The van der Waals surface area contributed by atoms with E-state index in [1.54, 1.807) is 29.6 Å². The van der Waals surface area contributed by atoms with Crippen molar-refractivity contribution in [2.75, 3.05) is 30.3 Å². The predicted molar refractivity (Wildman–Crippen MR) is 262 cm³/mol. The monoisotopic (exact) mass is 1130 g/mol. The summed E-state index contributed by atoms with van der Waals surface area (Å²) in [5.74, 6) is -2.95. The van der Waals surface area contributed by atoms with Crippen molar-refractivity contribution in [1.29, 1.82) is 0 Å². The Balaban J connectivity index is 0.00000963. The zero-order chi connectivity index (χ0) is 51.6. The van der Waals surface area contributed by atoms with Gasteiger partial charge in [0.1, 0.15) is 18.3 Å². The first-order valence-electron chi connectivity index (χ1n) is 24.1. The van der Waals surface area contributed by atoms with Crippen molar-refractivity contribution < 1.29 is 80.1 Å². The number of hydrogen-bond acceptors (Lipinski definition) is 13. The van der Waals surface area contributed by atoms with Crippen LogP contribution in [-0.2, 0) is 45.0 Å². The van der Waals surface area contributed by atoms with E-state index in [0.717, 1.165) is 16.7 Å². The van der Waals surface area contributed by atoms with Crippen molar-refractivity contribution in [3.05, 3.63) is 78.0 Å². The maximum atomic E-state index is 13.9. The Morgan fingerprint density at radius 1 is 0.986 bits per heavy atom. The van der Waals surface area contributed by atoms with Crippen LogP contribution in [0.1, 0.15) is 89.7 Å². The van der Waals surface area contributed by atoms with E-state index in [1.807, 2.05) is 74.0 Å². The molecule has 4 aromatic rings. The number of amides is 6. The highest BCUT2D eigenvalue weighted by Gasteiger charge is 2.43. The molecule has 0 spiro atoms. The third kappa shape index (κ3) is 15.7. The number of ketones is 1. The lowest BCUT2D eigenvalue weighted by Crippen LogP contribution is -3.00. The van der Waals surface area contributed by atoms with Gasteiger partial charge in [-0.3, -0.25) is 33.1 Å². The molecule has 2 aromatic heterocycles. The number of hydrogen-bond donors (Lipinski definition) is 8. The van der Waals surface area contributed by atoms with E-state index < -0.39 is 65.0 Å². The number of fused-ring (bicyclic) bond motifs is 1. The number of carbonyl (C=O) groups excluding carboxylic acids is 6. The molecule has 1 saturated carbocycles. The van der Waals surface area contributed by atoms with Gasteiger partial charge in [-0.25, -0.2) is 14.5 Å². The molecule has 1 saturated heterocycles. The first-order valence-corrected chi connectivity index (χ1v) is 25.5. The predicted octanol–water partition coefficient (Wildman–Crippen LogP) is -0.550. The quantitative estimate of drug-likeness (QED) is 0.0179. The Kier molecular flexibility index (Phi) is 20.6. The highest BCUT2D eigenvalue weighted by molar-refractivity contribution is 7.84. The van der Waals surface area contributed by atoms with Gasteiger partial charge >= 0.3 is 22.0 Å². The Hall–Kier alpha value is -5.60. The fourth-order valence-corrected chi connectivity index (χ4v) is 9.49. The number of halogens is 1. The van der Waals surface area contributed by atoms with Gasteiger partial charge < -0.3 is 61.2 Å². The number of rotatable bonds is 25. The SMILES string of the molecule is Cc1cccc(-c2cc3n(n2)c(N[C@H]2C[C@@H](COS(N)(=O)=O)[C@H](O)[C@@H]2O)cc[n+]3Cc2ccc(NC(=O)[C@@H](CCCNC(N)=O)CC(=O)[C@H](NC(=O)CCCCCN3C(=O)CC(C)C3=O)C(C)C)cc2)c1.[I-].